The third-order valence-electron chi connectivity index (χ3n) is 4.07. The maximum Gasteiger partial charge on any atom is 0.203 e. The molecule has 3 nitrogen and oxygen atoms in total. The summed E-state index contributed by atoms with van der Waals surface area (Å²) < 4.78 is 16.7. The summed E-state index contributed by atoms with van der Waals surface area (Å²) in [6.45, 7) is 8.45. The van der Waals surface area contributed by atoms with Crippen molar-refractivity contribution in [1.82, 2.24) is 0 Å². The summed E-state index contributed by atoms with van der Waals surface area (Å²) in [6.07, 6.45) is 7.26. The minimum absolute atomic E-state index is 0.631. The minimum atomic E-state index is 0.631. The molecule has 0 saturated heterocycles. The fourth-order valence-corrected chi connectivity index (χ4v) is 2.95. The second-order valence-corrected chi connectivity index (χ2v) is 5.96. The van der Waals surface area contributed by atoms with Gasteiger partial charge in [-0.1, -0.05) is 24.3 Å². The van der Waals surface area contributed by atoms with Gasteiger partial charge in [-0.05, 0) is 55.9 Å². The monoisotopic (exact) mass is 314 g/mol. The topological polar surface area (TPSA) is 27.7 Å². The number of hydrogen-bond donors (Lipinski definition) is 0. The zero-order chi connectivity index (χ0) is 17.0. The molecule has 1 aliphatic rings. The van der Waals surface area contributed by atoms with Crippen LogP contribution < -0.4 is 14.2 Å². The number of allylic oxidation sites excluding steroid dienone is 5. The fraction of sp³-hybridized carbons (Fsp3) is 0.400. The molecule has 1 aromatic carbocycles. The number of fused-ring (bicyclic) bond motifs is 1. The van der Waals surface area contributed by atoms with Gasteiger partial charge in [0.15, 0.2) is 11.5 Å². The molecule has 0 atom stereocenters. The average Bonchev–Trinajstić information content (AvgIpc) is 2.69. The van der Waals surface area contributed by atoms with Crippen LogP contribution >= 0.6 is 0 Å². The molecule has 2 rings (SSSR count). The highest BCUT2D eigenvalue weighted by atomic mass is 16.5. The summed E-state index contributed by atoms with van der Waals surface area (Å²) in [6, 6.07) is 2.06. The molecule has 0 bridgehead atoms. The first-order valence-corrected chi connectivity index (χ1v) is 7.89. The summed E-state index contributed by atoms with van der Waals surface area (Å²) in [5.41, 5.74) is 5.79. The Morgan fingerprint density at radius 2 is 1.74 bits per heavy atom. The van der Waals surface area contributed by atoms with Crippen molar-refractivity contribution in [3.8, 4) is 17.2 Å². The Balaban J connectivity index is 2.79. The van der Waals surface area contributed by atoms with E-state index in [0.717, 1.165) is 41.7 Å². The van der Waals surface area contributed by atoms with E-state index < -0.39 is 0 Å². The van der Waals surface area contributed by atoms with E-state index in [9.17, 15) is 0 Å². The molecule has 23 heavy (non-hydrogen) atoms. The van der Waals surface area contributed by atoms with Crippen molar-refractivity contribution in [3.63, 3.8) is 0 Å². The molecule has 0 spiro atoms. The van der Waals surface area contributed by atoms with Gasteiger partial charge in [0.25, 0.3) is 0 Å². The first kappa shape index (κ1) is 17.2. The molecule has 0 saturated carbocycles. The Morgan fingerprint density at radius 3 is 2.30 bits per heavy atom. The highest BCUT2D eigenvalue weighted by Gasteiger charge is 2.25. The molecule has 0 radical (unpaired) electrons. The number of methoxy groups -OCH3 is 3. The zero-order valence-electron chi connectivity index (χ0n) is 14.8. The molecule has 1 aromatic rings. The quantitative estimate of drug-likeness (QED) is 0.736. The van der Waals surface area contributed by atoms with E-state index in [1.807, 2.05) is 0 Å². The molecular weight excluding hydrogens is 288 g/mol. The molecular formula is C20H26O3. The molecule has 0 heterocycles. The van der Waals surface area contributed by atoms with Crippen molar-refractivity contribution >= 4 is 5.57 Å². The standard InChI is InChI=1S/C20H26O3/c1-13(2)10-11-16-14(3)8-7-9-15-12-17(21-4)19(22-5)20(23-6)18(15)16/h10-12H,3,7-9H2,1-2,4-6H3. The minimum Gasteiger partial charge on any atom is -0.493 e. The third kappa shape index (κ3) is 3.44. The van der Waals surface area contributed by atoms with Crippen molar-refractivity contribution in [1.29, 1.82) is 0 Å². The van der Waals surface area contributed by atoms with E-state index >= 15 is 0 Å². The van der Waals surface area contributed by atoms with Gasteiger partial charge in [0.1, 0.15) is 0 Å². The number of rotatable bonds is 4. The van der Waals surface area contributed by atoms with Crippen molar-refractivity contribution < 1.29 is 14.2 Å². The predicted octanol–water partition coefficient (Wildman–Crippen LogP) is 4.95. The van der Waals surface area contributed by atoms with Gasteiger partial charge < -0.3 is 14.2 Å². The maximum atomic E-state index is 5.71. The Hall–Kier alpha value is -2.16. The van der Waals surface area contributed by atoms with Gasteiger partial charge in [-0.25, -0.2) is 0 Å². The van der Waals surface area contributed by atoms with E-state index in [1.54, 1.807) is 21.3 Å². The van der Waals surface area contributed by atoms with Crippen molar-refractivity contribution in [2.75, 3.05) is 21.3 Å². The van der Waals surface area contributed by atoms with Crippen LogP contribution in [0.2, 0.25) is 0 Å². The number of hydrogen-bond acceptors (Lipinski definition) is 3. The summed E-state index contributed by atoms with van der Waals surface area (Å²) in [5, 5.41) is 0. The van der Waals surface area contributed by atoms with E-state index in [4.69, 9.17) is 14.2 Å². The number of benzene rings is 1. The molecule has 124 valence electrons. The largest absolute Gasteiger partial charge is 0.493 e. The summed E-state index contributed by atoms with van der Waals surface area (Å²) in [5.74, 6) is 2.06. The SMILES string of the molecule is C=C1CCCc2cc(OC)c(OC)c(OC)c2C1=CC=C(C)C. The van der Waals surface area contributed by atoms with Gasteiger partial charge in [-0.3, -0.25) is 0 Å². The zero-order valence-corrected chi connectivity index (χ0v) is 14.8. The van der Waals surface area contributed by atoms with Crippen LogP contribution in [-0.2, 0) is 6.42 Å². The highest BCUT2D eigenvalue weighted by Crippen LogP contribution is 2.48. The normalized spacial score (nSPS) is 15.7. The van der Waals surface area contributed by atoms with Crippen LogP contribution in [-0.4, -0.2) is 21.3 Å². The lowest BCUT2D eigenvalue weighted by Gasteiger charge is -2.20. The molecule has 0 aliphatic heterocycles. The highest BCUT2D eigenvalue weighted by molar-refractivity contribution is 5.87. The summed E-state index contributed by atoms with van der Waals surface area (Å²) >= 11 is 0. The van der Waals surface area contributed by atoms with Crippen LogP contribution in [0.5, 0.6) is 17.2 Å². The smallest absolute Gasteiger partial charge is 0.203 e. The van der Waals surface area contributed by atoms with E-state index in [-0.39, 0.29) is 0 Å². The van der Waals surface area contributed by atoms with Crippen LogP contribution in [0.15, 0.2) is 35.9 Å². The Bertz CT molecular complexity index is 662. The lowest BCUT2D eigenvalue weighted by molar-refractivity contribution is 0.323. The van der Waals surface area contributed by atoms with Crippen LogP contribution in [0.25, 0.3) is 5.57 Å². The lowest BCUT2D eigenvalue weighted by atomic mass is 9.93. The first-order valence-electron chi connectivity index (χ1n) is 7.89. The van der Waals surface area contributed by atoms with Gasteiger partial charge in [-0.15, -0.1) is 0 Å². The van der Waals surface area contributed by atoms with Crippen molar-refractivity contribution in [2.45, 2.75) is 33.1 Å². The molecule has 0 N–H and O–H groups in total. The predicted molar refractivity (Wildman–Crippen MR) is 95.6 cm³/mol. The third-order valence-corrected chi connectivity index (χ3v) is 4.07. The van der Waals surface area contributed by atoms with Crippen LogP contribution in [0.4, 0.5) is 0 Å². The van der Waals surface area contributed by atoms with Gasteiger partial charge in [0, 0.05) is 5.56 Å². The molecule has 0 unspecified atom stereocenters. The van der Waals surface area contributed by atoms with E-state index in [0.29, 0.717) is 11.5 Å². The molecule has 1 aliphatic carbocycles. The maximum absolute atomic E-state index is 5.71. The Labute approximate surface area is 139 Å². The number of ether oxygens (including phenoxy) is 3. The molecule has 0 fully saturated rings. The second kappa shape index (κ2) is 7.40. The summed E-state index contributed by atoms with van der Waals surface area (Å²) in [7, 11) is 4.96. The van der Waals surface area contributed by atoms with Crippen molar-refractivity contribution in [3.05, 3.63) is 47.1 Å². The second-order valence-electron chi connectivity index (χ2n) is 5.96. The van der Waals surface area contributed by atoms with Crippen LogP contribution in [0.1, 0.15) is 37.8 Å². The molecule has 3 heteroatoms. The molecule has 0 amide bonds. The van der Waals surface area contributed by atoms with Gasteiger partial charge in [0.2, 0.25) is 5.75 Å². The first-order chi connectivity index (χ1) is 11.0. The van der Waals surface area contributed by atoms with Crippen molar-refractivity contribution in [2.24, 2.45) is 0 Å². The Kier molecular flexibility index (Phi) is 5.54. The average molecular weight is 314 g/mol. The Morgan fingerprint density at radius 1 is 1.04 bits per heavy atom. The van der Waals surface area contributed by atoms with Gasteiger partial charge >= 0.3 is 0 Å². The van der Waals surface area contributed by atoms with E-state index in [1.165, 1.54) is 11.1 Å². The molecule has 0 aromatic heterocycles. The van der Waals surface area contributed by atoms with Gasteiger partial charge in [-0.2, -0.15) is 0 Å². The van der Waals surface area contributed by atoms with Crippen LogP contribution in [0, 0.1) is 0 Å². The van der Waals surface area contributed by atoms with Crippen LogP contribution in [0.3, 0.4) is 0 Å². The summed E-state index contributed by atoms with van der Waals surface area (Å²) in [4.78, 5) is 0. The number of aryl methyl sites for hydroxylation is 1. The van der Waals surface area contributed by atoms with Gasteiger partial charge in [0.05, 0.1) is 21.3 Å². The lowest BCUT2D eigenvalue weighted by Crippen LogP contribution is -2.02. The van der Waals surface area contributed by atoms with E-state index in [2.05, 4.69) is 38.6 Å². The fourth-order valence-electron chi connectivity index (χ4n) is 2.95.